The Bertz CT molecular complexity index is 2020. The van der Waals surface area contributed by atoms with Crippen molar-refractivity contribution in [1.29, 1.82) is 5.26 Å². The number of hydrogen-bond acceptors (Lipinski definition) is 5. The number of aromatic nitrogens is 3. The number of imidazole rings is 1. The van der Waals surface area contributed by atoms with Crippen LogP contribution in [0.4, 0.5) is 0 Å². The maximum absolute atomic E-state index is 13.4. The van der Waals surface area contributed by atoms with Crippen LogP contribution in [0.2, 0.25) is 0 Å². The van der Waals surface area contributed by atoms with E-state index in [1.807, 2.05) is 68.6 Å². The predicted octanol–water partition coefficient (Wildman–Crippen LogP) is 5.45. The molecule has 7 nitrogen and oxygen atoms in total. The van der Waals surface area contributed by atoms with Crippen molar-refractivity contribution in [3.8, 4) is 22.9 Å². The summed E-state index contributed by atoms with van der Waals surface area (Å²) in [6, 6.07) is 25.1. The van der Waals surface area contributed by atoms with Gasteiger partial charge in [-0.15, -0.1) is 0 Å². The van der Waals surface area contributed by atoms with Crippen molar-refractivity contribution in [2.75, 3.05) is 0 Å². The Morgan fingerprint density at radius 1 is 0.919 bits per heavy atom. The molecule has 3 aromatic heterocycles. The molecule has 37 heavy (non-hydrogen) atoms. The van der Waals surface area contributed by atoms with E-state index in [0.29, 0.717) is 22.2 Å². The van der Waals surface area contributed by atoms with Gasteiger partial charge in [0.05, 0.1) is 28.2 Å². The molecular formula is C30H22N4O3. The number of benzene rings is 3. The molecule has 0 saturated carbocycles. The van der Waals surface area contributed by atoms with Gasteiger partial charge in [-0.3, -0.25) is 14.1 Å². The van der Waals surface area contributed by atoms with Crippen LogP contribution in [-0.2, 0) is 12.5 Å². The lowest BCUT2D eigenvalue weighted by atomic mass is 9.86. The third-order valence-electron chi connectivity index (χ3n) is 6.94. The van der Waals surface area contributed by atoms with Gasteiger partial charge in [0.25, 0.3) is 0 Å². The fourth-order valence-electron chi connectivity index (χ4n) is 4.78. The quantitative estimate of drug-likeness (QED) is 0.310. The Morgan fingerprint density at radius 2 is 1.68 bits per heavy atom. The standard InChI is InChI=1S/C30H22N4O3/c1-30(2,17-31)21-9-11-22(12-10-21)34-26-23-15-18(20-14-19-6-4-5-7-24(19)32-16-20)8-13-25(23)37-28(35)27(26)33(3)29(34)36/h4-16H,1-3H3. The average Bonchev–Trinajstić information content (AvgIpc) is 3.19. The largest absolute Gasteiger partial charge is 0.421 e. The minimum Gasteiger partial charge on any atom is -0.421 e. The van der Waals surface area contributed by atoms with Crippen LogP contribution < -0.4 is 11.3 Å². The summed E-state index contributed by atoms with van der Waals surface area (Å²) in [7, 11) is 1.56. The Labute approximate surface area is 211 Å². The fraction of sp³-hybridized carbons (Fsp3) is 0.133. The molecule has 0 N–H and O–H groups in total. The van der Waals surface area contributed by atoms with Gasteiger partial charge in [0.2, 0.25) is 0 Å². The number of nitrogens with zero attached hydrogens (tertiary/aromatic N) is 4. The summed E-state index contributed by atoms with van der Waals surface area (Å²) in [4.78, 5) is 30.9. The first kappa shape index (κ1) is 22.5. The second-order valence-electron chi connectivity index (χ2n) is 9.68. The van der Waals surface area contributed by atoms with E-state index in [9.17, 15) is 14.9 Å². The highest BCUT2D eigenvalue weighted by Gasteiger charge is 2.22. The van der Waals surface area contributed by atoms with E-state index in [2.05, 4.69) is 17.1 Å². The number of fused-ring (bicyclic) bond motifs is 4. The van der Waals surface area contributed by atoms with Gasteiger partial charge in [-0.05, 0) is 61.4 Å². The molecule has 6 aromatic rings. The Hall–Kier alpha value is -4.96. The number of pyridine rings is 1. The summed E-state index contributed by atoms with van der Waals surface area (Å²) >= 11 is 0. The molecule has 0 amide bonds. The molecule has 180 valence electrons. The van der Waals surface area contributed by atoms with Gasteiger partial charge >= 0.3 is 11.3 Å². The molecule has 3 aromatic carbocycles. The van der Waals surface area contributed by atoms with Crippen LogP contribution >= 0.6 is 0 Å². The van der Waals surface area contributed by atoms with Crippen molar-refractivity contribution in [2.45, 2.75) is 19.3 Å². The topological polar surface area (TPSA) is 93.8 Å². The second kappa shape index (κ2) is 8.04. The highest BCUT2D eigenvalue weighted by Crippen LogP contribution is 2.31. The summed E-state index contributed by atoms with van der Waals surface area (Å²) in [5, 5.41) is 11.1. The first-order valence-corrected chi connectivity index (χ1v) is 11.8. The summed E-state index contributed by atoms with van der Waals surface area (Å²) < 4.78 is 8.46. The molecule has 3 heterocycles. The lowest BCUT2D eigenvalue weighted by Crippen LogP contribution is -2.21. The molecule has 0 spiro atoms. The SMILES string of the molecule is Cn1c(=O)n(-c2ccc(C(C)(C)C#N)cc2)c2c3cc(-c4cnc5ccccc5c4)ccc3oc(=O)c21. The van der Waals surface area contributed by atoms with Crippen LogP contribution in [0.3, 0.4) is 0 Å². The minimum absolute atomic E-state index is 0.188. The van der Waals surface area contributed by atoms with Crippen LogP contribution in [0.25, 0.3) is 49.7 Å². The molecule has 7 heteroatoms. The first-order valence-electron chi connectivity index (χ1n) is 11.8. The predicted molar refractivity (Wildman–Crippen MR) is 144 cm³/mol. The molecule has 0 aliphatic carbocycles. The van der Waals surface area contributed by atoms with Crippen molar-refractivity contribution in [3.63, 3.8) is 0 Å². The molecule has 0 aliphatic rings. The lowest BCUT2D eigenvalue weighted by Gasteiger charge is -2.16. The highest BCUT2D eigenvalue weighted by molar-refractivity contribution is 6.03. The number of para-hydroxylation sites is 1. The maximum atomic E-state index is 13.4. The van der Waals surface area contributed by atoms with Gasteiger partial charge in [-0.25, -0.2) is 9.59 Å². The molecule has 0 radical (unpaired) electrons. The summed E-state index contributed by atoms with van der Waals surface area (Å²) in [6.45, 7) is 3.68. The number of aryl methyl sites for hydroxylation is 1. The Morgan fingerprint density at radius 3 is 2.43 bits per heavy atom. The molecule has 0 unspecified atom stereocenters. The molecule has 0 fully saturated rings. The van der Waals surface area contributed by atoms with Crippen LogP contribution in [0, 0.1) is 11.3 Å². The smallest absolute Gasteiger partial charge is 0.362 e. The zero-order chi connectivity index (χ0) is 25.9. The number of rotatable bonds is 3. The van der Waals surface area contributed by atoms with E-state index in [1.165, 1.54) is 9.13 Å². The zero-order valence-electron chi connectivity index (χ0n) is 20.5. The van der Waals surface area contributed by atoms with Crippen LogP contribution in [0.15, 0.2) is 93.0 Å². The van der Waals surface area contributed by atoms with Gasteiger partial charge in [0.1, 0.15) is 5.58 Å². The van der Waals surface area contributed by atoms with E-state index >= 15 is 0 Å². The first-order chi connectivity index (χ1) is 17.8. The molecule has 0 aliphatic heterocycles. The van der Waals surface area contributed by atoms with Gasteiger partial charge in [-0.2, -0.15) is 5.26 Å². The van der Waals surface area contributed by atoms with E-state index in [4.69, 9.17) is 4.42 Å². The molecule has 6 rings (SSSR count). The lowest BCUT2D eigenvalue weighted by molar-refractivity contribution is 0.565. The van der Waals surface area contributed by atoms with Crippen LogP contribution in [0.1, 0.15) is 19.4 Å². The second-order valence-corrected chi connectivity index (χ2v) is 9.68. The summed E-state index contributed by atoms with van der Waals surface area (Å²) in [5.74, 6) is 0. The normalized spacial score (nSPS) is 11.8. The van der Waals surface area contributed by atoms with Crippen LogP contribution in [-0.4, -0.2) is 14.1 Å². The van der Waals surface area contributed by atoms with E-state index in [1.54, 1.807) is 25.2 Å². The molecular weight excluding hydrogens is 464 g/mol. The minimum atomic E-state index is -0.668. The number of hydrogen-bond donors (Lipinski definition) is 0. The van der Waals surface area contributed by atoms with Crippen molar-refractivity contribution in [1.82, 2.24) is 14.1 Å². The Balaban J connectivity index is 1.63. The molecule has 0 bridgehead atoms. The van der Waals surface area contributed by atoms with E-state index in [0.717, 1.165) is 27.6 Å². The third-order valence-corrected chi connectivity index (χ3v) is 6.94. The summed E-state index contributed by atoms with van der Waals surface area (Å²) in [6.07, 6.45) is 1.81. The Kier molecular flexibility index (Phi) is 4.89. The molecule has 0 saturated heterocycles. The van der Waals surface area contributed by atoms with E-state index < -0.39 is 11.0 Å². The monoisotopic (exact) mass is 486 g/mol. The van der Waals surface area contributed by atoms with Gasteiger partial charge < -0.3 is 4.42 Å². The van der Waals surface area contributed by atoms with Crippen LogP contribution in [0.5, 0.6) is 0 Å². The van der Waals surface area contributed by atoms with Crippen molar-refractivity contribution in [2.24, 2.45) is 7.05 Å². The summed E-state index contributed by atoms with van der Waals surface area (Å²) in [5.41, 5.74) is 3.57. The average molecular weight is 487 g/mol. The third kappa shape index (κ3) is 3.46. The molecule has 0 atom stereocenters. The van der Waals surface area contributed by atoms with Gasteiger partial charge in [0, 0.05) is 29.6 Å². The fourth-order valence-corrected chi connectivity index (χ4v) is 4.78. The van der Waals surface area contributed by atoms with Gasteiger partial charge in [-0.1, -0.05) is 36.4 Å². The maximum Gasteiger partial charge on any atom is 0.362 e. The van der Waals surface area contributed by atoms with E-state index in [-0.39, 0.29) is 11.2 Å². The van der Waals surface area contributed by atoms with Gasteiger partial charge in [0.15, 0.2) is 5.52 Å². The van der Waals surface area contributed by atoms with Crippen molar-refractivity contribution < 1.29 is 4.42 Å². The zero-order valence-corrected chi connectivity index (χ0v) is 20.5. The highest BCUT2D eigenvalue weighted by atomic mass is 16.4. The van der Waals surface area contributed by atoms with Crippen molar-refractivity contribution in [3.05, 3.63) is 105 Å². The van der Waals surface area contributed by atoms with Crippen molar-refractivity contribution >= 4 is 32.9 Å². The number of nitriles is 1.